The summed E-state index contributed by atoms with van der Waals surface area (Å²) in [5.41, 5.74) is 2.08. The molecule has 2 heterocycles. The number of hydrogen-bond acceptors (Lipinski definition) is 11. The number of fused-ring (bicyclic) bond motifs is 1. The van der Waals surface area contributed by atoms with E-state index < -0.39 is 21.3 Å². The zero-order chi connectivity index (χ0) is 40.7. The number of pyridine rings is 1. The first kappa shape index (κ1) is 40.8. The van der Waals surface area contributed by atoms with Crippen LogP contribution in [0.2, 0.25) is 0 Å². The Morgan fingerprint density at radius 2 is 1.60 bits per heavy atom. The topological polar surface area (TPSA) is 169 Å². The lowest BCUT2D eigenvalue weighted by molar-refractivity contribution is 0.0383. The Morgan fingerprint density at radius 3 is 2.30 bits per heavy atom. The Bertz CT molecular complexity index is 2380. The monoisotopic (exact) mass is 796 g/mol. The number of methoxy groups -OCH3 is 2. The fourth-order valence-corrected chi connectivity index (χ4v) is 7.22. The maximum atomic E-state index is 13.5. The van der Waals surface area contributed by atoms with Gasteiger partial charge in [-0.3, -0.25) is 9.69 Å². The van der Waals surface area contributed by atoms with Gasteiger partial charge in [-0.1, -0.05) is 45.0 Å². The molecule has 0 saturated carbocycles. The van der Waals surface area contributed by atoms with Crippen LogP contribution in [0.15, 0.2) is 90.0 Å². The van der Waals surface area contributed by atoms with Crippen LogP contribution < -0.4 is 35.5 Å². The van der Waals surface area contributed by atoms with Crippen molar-refractivity contribution in [2.45, 2.75) is 31.1 Å². The van der Waals surface area contributed by atoms with Gasteiger partial charge in [0.25, 0.3) is 5.91 Å². The quantitative estimate of drug-likeness (QED) is 0.0951. The second-order valence-corrected chi connectivity index (χ2v) is 16.6. The van der Waals surface area contributed by atoms with Crippen molar-refractivity contribution in [3.8, 4) is 23.0 Å². The van der Waals surface area contributed by atoms with Gasteiger partial charge in [-0.05, 0) is 53.4 Å². The van der Waals surface area contributed by atoms with E-state index in [0.717, 1.165) is 31.3 Å². The van der Waals surface area contributed by atoms with E-state index in [0.29, 0.717) is 70.7 Å². The van der Waals surface area contributed by atoms with Crippen LogP contribution in [0.4, 0.5) is 27.7 Å². The molecule has 6 rings (SSSR count). The molecule has 5 aromatic rings. The fraction of sp³-hybridized carbons (Fsp3) is 0.310. The molecule has 1 fully saturated rings. The molecule has 1 aliphatic rings. The lowest BCUT2D eigenvalue weighted by Crippen LogP contribution is -2.41. The second kappa shape index (κ2) is 17.5. The smallest absolute Gasteiger partial charge is 0.323 e. The average Bonchev–Trinajstić information content (AvgIpc) is 3.18. The number of aromatic nitrogens is 1. The van der Waals surface area contributed by atoms with E-state index >= 15 is 0 Å². The Balaban J connectivity index is 1.17. The number of anilines is 4. The van der Waals surface area contributed by atoms with Crippen molar-refractivity contribution in [2.24, 2.45) is 0 Å². The van der Waals surface area contributed by atoms with Crippen molar-refractivity contribution in [3.63, 3.8) is 0 Å². The first-order valence-corrected chi connectivity index (χ1v) is 20.3. The highest BCUT2D eigenvalue weighted by molar-refractivity contribution is 7.90. The molecule has 0 atom stereocenters. The molecule has 300 valence electrons. The SMILES string of the molecule is COc1cc(Nc2cc(Oc3ccc(NC(=O)Nc4cc(C(C)(C)C)cc(S(C)(=O)=O)c4OC)c4ccccc34)ccn2)cc(C(=O)NCCN2CCOCC2)c1. The zero-order valence-corrected chi connectivity index (χ0v) is 33.7. The largest absolute Gasteiger partial charge is 0.497 e. The minimum absolute atomic E-state index is 0.0135. The Hall–Kier alpha value is -5.90. The summed E-state index contributed by atoms with van der Waals surface area (Å²) in [5, 5.41) is 13.4. The second-order valence-electron chi connectivity index (χ2n) is 14.6. The van der Waals surface area contributed by atoms with Crippen molar-refractivity contribution >= 4 is 55.4 Å². The van der Waals surface area contributed by atoms with E-state index in [-0.39, 0.29) is 22.2 Å². The predicted molar refractivity (Wildman–Crippen MR) is 222 cm³/mol. The Morgan fingerprint density at radius 1 is 0.860 bits per heavy atom. The van der Waals surface area contributed by atoms with Gasteiger partial charge in [-0.15, -0.1) is 0 Å². The van der Waals surface area contributed by atoms with Crippen molar-refractivity contribution in [1.82, 2.24) is 15.2 Å². The molecule has 0 bridgehead atoms. The lowest BCUT2D eigenvalue weighted by atomic mass is 9.86. The highest BCUT2D eigenvalue weighted by atomic mass is 32.2. The molecule has 57 heavy (non-hydrogen) atoms. The highest BCUT2D eigenvalue weighted by Gasteiger charge is 2.25. The van der Waals surface area contributed by atoms with E-state index in [1.54, 1.807) is 67.9 Å². The predicted octanol–water partition coefficient (Wildman–Crippen LogP) is 7.19. The normalized spacial score (nSPS) is 13.4. The molecular formula is C42H48N6O8S. The minimum Gasteiger partial charge on any atom is -0.497 e. The molecule has 1 aliphatic heterocycles. The maximum absolute atomic E-state index is 13.5. The average molecular weight is 797 g/mol. The van der Waals surface area contributed by atoms with E-state index in [1.807, 2.05) is 45.0 Å². The molecule has 0 unspecified atom stereocenters. The van der Waals surface area contributed by atoms with Crippen molar-refractivity contribution < 1.29 is 37.0 Å². The summed E-state index contributed by atoms with van der Waals surface area (Å²) in [6, 6.07) is 22.3. The first-order valence-electron chi connectivity index (χ1n) is 18.4. The van der Waals surface area contributed by atoms with Gasteiger partial charge < -0.3 is 40.2 Å². The van der Waals surface area contributed by atoms with E-state index in [4.69, 9.17) is 18.9 Å². The Labute approximate surface area is 332 Å². The molecule has 0 spiro atoms. The number of benzene rings is 4. The number of rotatable bonds is 13. The summed E-state index contributed by atoms with van der Waals surface area (Å²) in [5.74, 6) is 1.84. The molecule has 1 aromatic heterocycles. The van der Waals surface area contributed by atoms with E-state index in [2.05, 4.69) is 31.2 Å². The number of nitrogens with zero attached hydrogens (tertiary/aromatic N) is 2. The highest BCUT2D eigenvalue weighted by Crippen LogP contribution is 2.39. The van der Waals surface area contributed by atoms with Gasteiger partial charge in [0, 0.05) is 72.8 Å². The molecule has 15 heteroatoms. The summed E-state index contributed by atoms with van der Waals surface area (Å²) >= 11 is 0. The molecule has 0 radical (unpaired) electrons. The van der Waals surface area contributed by atoms with Gasteiger partial charge >= 0.3 is 6.03 Å². The summed E-state index contributed by atoms with van der Waals surface area (Å²) in [4.78, 5) is 33.3. The third-order valence-corrected chi connectivity index (χ3v) is 10.5. The number of hydrogen-bond donors (Lipinski definition) is 4. The number of nitrogens with one attached hydrogen (secondary N) is 4. The standard InChI is InChI=1S/C42H48N6O8S/c1-42(2,3)28-23-35(39(54-5)37(24-28)57(6,51)52)47-41(50)46-34-11-12-36(33-10-8-7-9-32(33)34)56-30-13-14-43-38(26-30)45-29-21-27(22-31(25-29)53-4)40(49)44-15-16-48-17-19-55-20-18-48/h7-14,21-26H,15-20H2,1-6H3,(H,43,45)(H,44,49)(H2,46,47,50). The van der Waals surface area contributed by atoms with Crippen molar-refractivity contribution in [2.75, 3.05) is 75.8 Å². The molecule has 0 aliphatic carbocycles. The Kier molecular flexibility index (Phi) is 12.5. The van der Waals surface area contributed by atoms with Crippen molar-refractivity contribution in [3.05, 3.63) is 96.2 Å². The van der Waals surface area contributed by atoms with Crippen LogP contribution in [0, 0.1) is 0 Å². The van der Waals surface area contributed by atoms with Crippen LogP contribution in [-0.2, 0) is 20.0 Å². The summed E-state index contributed by atoms with van der Waals surface area (Å²) < 4.78 is 48.2. The van der Waals surface area contributed by atoms with Gasteiger partial charge in [0.1, 0.15) is 28.0 Å². The van der Waals surface area contributed by atoms with Crippen LogP contribution >= 0.6 is 0 Å². The van der Waals surface area contributed by atoms with Gasteiger partial charge in [-0.2, -0.15) is 0 Å². The van der Waals surface area contributed by atoms with Crippen LogP contribution in [-0.4, -0.2) is 90.1 Å². The third-order valence-electron chi connectivity index (χ3n) is 9.36. The molecule has 1 saturated heterocycles. The van der Waals surface area contributed by atoms with E-state index in [9.17, 15) is 18.0 Å². The van der Waals surface area contributed by atoms with Crippen LogP contribution in [0.1, 0.15) is 36.7 Å². The number of sulfone groups is 1. The zero-order valence-electron chi connectivity index (χ0n) is 32.9. The lowest BCUT2D eigenvalue weighted by Gasteiger charge is -2.26. The summed E-state index contributed by atoms with van der Waals surface area (Å²) in [6.45, 7) is 10.2. The van der Waals surface area contributed by atoms with Gasteiger partial charge in [0.05, 0.1) is 38.8 Å². The number of carbonyl (C=O) groups excluding carboxylic acids is 2. The van der Waals surface area contributed by atoms with Gasteiger partial charge in [0.2, 0.25) is 0 Å². The van der Waals surface area contributed by atoms with Crippen LogP contribution in [0.3, 0.4) is 0 Å². The molecule has 14 nitrogen and oxygen atoms in total. The molecular weight excluding hydrogens is 749 g/mol. The first-order chi connectivity index (χ1) is 27.2. The summed E-state index contributed by atoms with van der Waals surface area (Å²) in [6.07, 6.45) is 2.71. The van der Waals surface area contributed by atoms with E-state index in [1.165, 1.54) is 7.11 Å². The minimum atomic E-state index is -3.68. The van der Waals surface area contributed by atoms with Crippen LogP contribution in [0.25, 0.3) is 10.8 Å². The van der Waals surface area contributed by atoms with Crippen LogP contribution in [0.5, 0.6) is 23.0 Å². The molecule has 3 amide bonds. The fourth-order valence-electron chi connectivity index (χ4n) is 6.35. The maximum Gasteiger partial charge on any atom is 0.323 e. The number of carbonyl (C=O) groups is 2. The van der Waals surface area contributed by atoms with Crippen molar-refractivity contribution in [1.29, 1.82) is 0 Å². The number of urea groups is 1. The third kappa shape index (κ3) is 10.3. The van der Waals surface area contributed by atoms with Gasteiger partial charge in [-0.25, -0.2) is 18.2 Å². The summed E-state index contributed by atoms with van der Waals surface area (Å²) in [7, 11) is -0.771. The number of ether oxygens (including phenoxy) is 4. The number of amides is 3. The molecule has 4 aromatic carbocycles. The van der Waals surface area contributed by atoms with Gasteiger partial charge in [0.15, 0.2) is 15.6 Å². The molecule has 4 N–H and O–H groups in total. The number of morpholine rings is 1.